The minimum atomic E-state index is -0.107. The molecule has 120 valence electrons. The summed E-state index contributed by atoms with van der Waals surface area (Å²) in [7, 11) is 0. The average Bonchev–Trinajstić information content (AvgIpc) is 2.61. The van der Waals surface area contributed by atoms with E-state index in [4.69, 9.17) is 4.74 Å². The van der Waals surface area contributed by atoms with E-state index >= 15 is 0 Å². The summed E-state index contributed by atoms with van der Waals surface area (Å²) in [4.78, 5) is 21.6. The highest BCUT2D eigenvalue weighted by Gasteiger charge is 2.30. The molecule has 1 aromatic rings. The van der Waals surface area contributed by atoms with E-state index in [0.29, 0.717) is 12.2 Å². The van der Waals surface area contributed by atoms with Crippen LogP contribution in [0.4, 0.5) is 0 Å². The van der Waals surface area contributed by atoms with Gasteiger partial charge in [-0.15, -0.1) is 0 Å². The molecule has 0 saturated carbocycles. The number of carbonyl (C=O) groups is 1. The maximum atomic E-state index is 12.7. The van der Waals surface area contributed by atoms with Gasteiger partial charge < -0.3 is 10.1 Å². The Morgan fingerprint density at radius 3 is 2.91 bits per heavy atom. The van der Waals surface area contributed by atoms with Crippen LogP contribution in [0.25, 0.3) is 0 Å². The highest BCUT2D eigenvalue weighted by atomic mass is 16.5. The lowest BCUT2D eigenvalue weighted by molar-refractivity contribution is 0.0289. The number of carbonyl (C=O) groups excluding carboxylic acids is 1. The molecular formula is C16H24N4O2. The molecule has 2 aliphatic heterocycles. The number of ketones is 1. The first kappa shape index (κ1) is 15.6. The third-order valence-corrected chi connectivity index (χ3v) is 4.38. The van der Waals surface area contributed by atoms with E-state index in [2.05, 4.69) is 20.1 Å². The molecule has 2 aliphatic rings. The summed E-state index contributed by atoms with van der Waals surface area (Å²) >= 11 is 0. The fourth-order valence-corrected chi connectivity index (χ4v) is 3.05. The summed E-state index contributed by atoms with van der Waals surface area (Å²) in [6.45, 7) is 8.09. The Morgan fingerprint density at radius 2 is 2.14 bits per heavy atom. The molecule has 2 saturated heterocycles. The van der Waals surface area contributed by atoms with Crippen LogP contribution in [0.15, 0.2) is 24.4 Å². The van der Waals surface area contributed by atoms with Crippen LogP contribution < -0.4 is 5.32 Å². The molecule has 1 unspecified atom stereocenters. The number of nitrogens with one attached hydrogen (secondary N) is 1. The van der Waals surface area contributed by atoms with Gasteiger partial charge in [0.1, 0.15) is 5.69 Å². The van der Waals surface area contributed by atoms with Gasteiger partial charge in [-0.3, -0.25) is 19.6 Å². The first-order valence-corrected chi connectivity index (χ1v) is 8.05. The van der Waals surface area contributed by atoms with E-state index in [9.17, 15) is 4.79 Å². The highest BCUT2D eigenvalue weighted by molar-refractivity contribution is 5.98. The van der Waals surface area contributed by atoms with Gasteiger partial charge >= 0.3 is 0 Å². The standard InChI is InChI=1S/C16H24N4O2/c21-16(14-3-1-2-4-18-14)15-13-17-5-6-20(15)8-7-19-9-11-22-12-10-19/h1-4,15,17H,5-13H2. The molecule has 22 heavy (non-hydrogen) atoms. The summed E-state index contributed by atoms with van der Waals surface area (Å²) in [5, 5.41) is 3.33. The van der Waals surface area contributed by atoms with Crippen LogP contribution >= 0.6 is 0 Å². The lowest BCUT2D eigenvalue weighted by Crippen LogP contribution is -2.56. The summed E-state index contributed by atoms with van der Waals surface area (Å²) in [5.74, 6) is 0.120. The van der Waals surface area contributed by atoms with Crippen LogP contribution in [0, 0.1) is 0 Å². The van der Waals surface area contributed by atoms with E-state index in [1.54, 1.807) is 12.3 Å². The fraction of sp³-hybridized carbons (Fsp3) is 0.625. The Balaban J connectivity index is 1.59. The monoisotopic (exact) mass is 304 g/mol. The maximum absolute atomic E-state index is 12.7. The summed E-state index contributed by atoms with van der Waals surface area (Å²) in [6.07, 6.45) is 1.68. The number of hydrogen-bond acceptors (Lipinski definition) is 6. The van der Waals surface area contributed by atoms with Crippen molar-refractivity contribution < 1.29 is 9.53 Å². The molecule has 0 amide bonds. The molecule has 0 aromatic carbocycles. The predicted molar refractivity (Wildman–Crippen MR) is 84.1 cm³/mol. The minimum absolute atomic E-state index is 0.107. The average molecular weight is 304 g/mol. The topological polar surface area (TPSA) is 57.7 Å². The van der Waals surface area contributed by atoms with Crippen LogP contribution in [0.5, 0.6) is 0 Å². The number of piperazine rings is 1. The zero-order valence-corrected chi connectivity index (χ0v) is 12.9. The van der Waals surface area contributed by atoms with Gasteiger partial charge in [-0.25, -0.2) is 0 Å². The second-order valence-corrected chi connectivity index (χ2v) is 5.79. The summed E-state index contributed by atoms with van der Waals surface area (Å²) < 4.78 is 5.38. The van der Waals surface area contributed by atoms with Crippen molar-refractivity contribution in [3.05, 3.63) is 30.1 Å². The van der Waals surface area contributed by atoms with Gasteiger partial charge in [-0.1, -0.05) is 6.07 Å². The normalized spacial score (nSPS) is 24.3. The molecule has 2 fully saturated rings. The molecule has 0 bridgehead atoms. The highest BCUT2D eigenvalue weighted by Crippen LogP contribution is 2.10. The largest absolute Gasteiger partial charge is 0.379 e. The van der Waals surface area contributed by atoms with Gasteiger partial charge in [0, 0.05) is 52.0 Å². The second-order valence-electron chi connectivity index (χ2n) is 5.79. The van der Waals surface area contributed by atoms with Gasteiger partial charge in [0.2, 0.25) is 0 Å². The number of hydrogen-bond donors (Lipinski definition) is 1. The van der Waals surface area contributed by atoms with E-state index in [0.717, 1.165) is 52.5 Å². The van der Waals surface area contributed by atoms with Crippen LogP contribution in [-0.2, 0) is 4.74 Å². The maximum Gasteiger partial charge on any atom is 0.199 e. The smallest absolute Gasteiger partial charge is 0.199 e. The molecule has 0 spiro atoms. The molecule has 6 nitrogen and oxygen atoms in total. The molecule has 1 aromatic heterocycles. The predicted octanol–water partition coefficient (Wildman–Crippen LogP) is -0.130. The van der Waals surface area contributed by atoms with E-state index in [1.807, 2.05) is 12.1 Å². The van der Waals surface area contributed by atoms with Crippen LogP contribution in [0.1, 0.15) is 10.5 Å². The molecular weight excluding hydrogens is 280 g/mol. The Hall–Kier alpha value is -1.34. The first-order valence-electron chi connectivity index (χ1n) is 8.05. The van der Waals surface area contributed by atoms with Crippen molar-refractivity contribution in [2.75, 3.05) is 59.0 Å². The van der Waals surface area contributed by atoms with Crippen molar-refractivity contribution in [3.8, 4) is 0 Å². The minimum Gasteiger partial charge on any atom is -0.379 e. The summed E-state index contributed by atoms with van der Waals surface area (Å²) in [5.41, 5.74) is 0.563. The van der Waals surface area contributed by atoms with Crippen molar-refractivity contribution in [2.24, 2.45) is 0 Å². The Bertz CT molecular complexity index is 476. The zero-order chi connectivity index (χ0) is 15.2. The number of morpholine rings is 1. The van der Waals surface area contributed by atoms with Crippen LogP contribution in [-0.4, -0.2) is 85.6 Å². The molecule has 0 radical (unpaired) electrons. The number of pyridine rings is 1. The third kappa shape index (κ3) is 3.89. The number of nitrogens with zero attached hydrogens (tertiary/aromatic N) is 3. The summed E-state index contributed by atoms with van der Waals surface area (Å²) in [6, 6.07) is 5.40. The SMILES string of the molecule is O=C(c1ccccn1)C1CNCCN1CCN1CCOCC1. The molecule has 6 heteroatoms. The van der Waals surface area contributed by atoms with Gasteiger partial charge in [-0.05, 0) is 12.1 Å². The van der Waals surface area contributed by atoms with Crippen molar-refractivity contribution in [1.82, 2.24) is 20.1 Å². The van der Waals surface area contributed by atoms with Gasteiger partial charge in [0.05, 0.1) is 19.3 Å². The quantitative estimate of drug-likeness (QED) is 0.765. The number of Topliss-reactive ketones (excluding diaryl/α,β-unsaturated/α-hetero) is 1. The second kappa shape index (κ2) is 7.78. The lowest BCUT2D eigenvalue weighted by atomic mass is 10.1. The van der Waals surface area contributed by atoms with Crippen molar-refractivity contribution >= 4 is 5.78 Å². The van der Waals surface area contributed by atoms with Crippen molar-refractivity contribution in [1.29, 1.82) is 0 Å². The van der Waals surface area contributed by atoms with Gasteiger partial charge in [0.15, 0.2) is 5.78 Å². The molecule has 3 heterocycles. The number of rotatable bonds is 5. The molecule has 1 N–H and O–H groups in total. The van der Waals surface area contributed by atoms with Crippen molar-refractivity contribution in [3.63, 3.8) is 0 Å². The van der Waals surface area contributed by atoms with Crippen molar-refractivity contribution in [2.45, 2.75) is 6.04 Å². The Labute approximate surface area is 131 Å². The Kier molecular flexibility index (Phi) is 5.50. The van der Waals surface area contributed by atoms with Crippen LogP contribution in [0.3, 0.4) is 0 Å². The van der Waals surface area contributed by atoms with E-state index in [-0.39, 0.29) is 11.8 Å². The third-order valence-electron chi connectivity index (χ3n) is 4.38. The van der Waals surface area contributed by atoms with E-state index in [1.165, 1.54) is 0 Å². The molecule has 1 atom stereocenters. The molecule has 3 rings (SSSR count). The van der Waals surface area contributed by atoms with Crippen LogP contribution in [0.2, 0.25) is 0 Å². The fourth-order valence-electron chi connectivity index (χ4n) is 3.05. The first-order chi connectivity index (χ1) is 10.8. The number of ether oxygens (including phenoxy) is 1. The lowest BCUT2D eigenvalue weighted by Gasteiger charge is -2.37. The van der Waals surface area contributed by atoms with Gasteiger partial charge in [0.25, 0.3) is 0 Å². The number of aromatic nitrogens is 1. The Morgan fingerprint density at radius 1 is 1.27 bits per heavy atom. The van der Waals surface area contributed by atoms with Gasteiger partial charge in [-0.2, -0.15) is 0 Å². The molecule has 0 aliphatic carbocycles. The van der Waals surface area contributed by atoms with E-state index < -0.39 is 0 Å². The zero-order valence-electron chi connectivity index (χ0n) is 12.9.